The molecule has 0 fully saturated rings. The fraction of sp³-hybridized carbons (Fsp3) is 0.304. The van der Waals surface area contributed by atoms with E-state index in [4.69, 9.17) is 18.7 Å². The van der Waals surface area contributed by atoms with Gasteiger partial charge in [-0.2, -0.15) is 0 Å². The van der Waals surface area contributed by atoms with Gasteiger partial charge in [-0.15, -0.1) is 0 Å². The number of carboxylic acids is 1. The van der Waals surface area contributed by atoms with Crippen molar-refractivity contribution in [2.75, 3.05) is 6.61 Å². The number of aromatic nitrogens is 2. The number of rotatable bonds is 5. The van der Waals surface area contributed by atoms with Crippen LogP contribution in [0.4, 0.5) is 0 Å². The summed E-state index contributed by atoms with van der Waals surface area (Å²) in [5.74, 6) is -3.22. The molecule has 4 N–H and O–H groups in total. The molecule has 0 saturated carbocycles. The molecular formula is C23H27N2NaO9. The van der Waals surface area contributed by atoms with Gasteiger partial charge in [0.05, 0.1) is 29.5 Å². The SMILES string of the molecule is C.CC(C(=O)O)c1ccc2[nH]c(=O)oc2c1.CCOC(=O)C(C)c1ccc2[nH]c(=O)oc2c1.[Na+].[OH-]. The monoisotopic (exact) mass is 498 g/mol. The fourth-order valence-corrected chi connectivity index (χ4v) is 3.01. The molecule has 2 heterocycles. The molecule has 0 saturated heterocycles. The Morgan fingerprint density at radius 3 is 1.74 bits per heavy atom. The van der Waals surface area contributed by atoms with E-state index in [1.165, 1.54) is 0 Å². The summed E-state index contributed by atoms with van der Waals surface area (Å²) in [7, 11) is 0. The molecule has 12 heteroatoms. The minimum atomic E-state index is -0.910. The van der Waals surface area contributed by atoms with E-state index >= 15 is 0 Å². The van der Waals surface area contributed by atoms with Crippen LogP contribution in [0.25, 0.3) is 22.2 Å². The largest absolute Gasteiger partial charge is 1.00 e. The van der Waals surface area contributed by atoms with Crippen molar-refractivity contribution in [3.05, 3.63) is 68.6 Å². The number of fused-ring (bicyclic) bond motifs is 2. The Kier molecular flexibility index (Phi) is 12.5. The topological polar surface area (TPSA) is 186 Å². The van der Waals surface area contributed by atoms with E-state index in [1.54, 1.807) is 57.2 Å². The molecule has 4 aromatic rings. The first-order valence-electron chi connectivity index (χ1n) is 9.84. The minimum Gasteiger partial charge on any atom is -0.870 e. The van der Waals surface area contributed by atoms with Crippen molar-refractivity contribution >= 4 is 34.1 Å². The number of esters is 1. The van der Waals surface area contributed by atoms with Crippen molar-refractivity contribution in [2.45, 2.75) is 40.0 Å². The number of benzene rings is 2. The molecule has 0 amide bonds. The van der Waals surface area contributed by atoms with Crippen LogP contribution in [-0.4, -0.2) is 39.1 Å². The summed E-state index contributed by atoms with van der Waals surface area (Å²) in [6, 6.07) is 10.0. The van der Waals surface area contributed by atoms with Crippen molar-refractivity contribution in [1.29, 1.82) is 0 Å². The molecule has 2 unspecified atom stereocenters. The summed E-state index contributed by atoms with van der Waals surface area (Å²) in [5, 5.41) is 8.81. The summed E-state index contributed by atoms with van der Waals surface area (Å²) in [6.45, 7) is 5.45. The Hall–Kier alpha value is -3.12. The second kappa shape index (κ2) is 13.7. The second-order valence-electron chi connectivity index (χ2n) is 7.07. The van der Waals surface area contributed by atoms with E-state index in [0.717, 1.165) is 5.56 Å². The van der Waals surface area contributed by atoms with E-state index in [9.17, 15) is 19.2 Å². The molecule has 0 aliphatic rings. The molecule has 2 aromatic carbocycles. The van der Waals surface area contributed by atoms with Crippen LogP contribution in [0.5, 0.6) is 0 Å². The van der Waals surface area contributed by atoms with Gasteiger partial charge in [0, 0.05) is 0 Å². The maximum atomic E-state index is 11.6. The van der Waals surface area contributed by atoms with E-state index in [1.807, 2.05) is 0 Å². The molecule has 2 atom stereocenters. The Bertz CT molecular complexity index is 1380. The molecule has 0 spiro atoms. The Morgan fingerprint density at radius 1 is 0.914 bits per heavy atom. The summed E-state index contributed by atoms with van der Waals surface area (Å²) in [6.07, 6.45) is 0. The van der Waals surface area contributed by atoms with Gasteiger partial charge in [-0.1, -0.05) is 19.6 Å². The van der Waals surface area contributed by atoms with Gasteiger partial charge >= 0.3 is 53.0 Å². The number of hydrogen-bond donors (Lipinski definition) is 3. The molecule has 0 aliphatic carbocycles. The van der Waals surface area contributed by atoms with Crippen molar-refractivity contribution in [2.24, 2.45) is 0 Å². The molecule has 35 heavy (non-hydrogen) atoms. The van der Waals surface area contributed by atoms with Crippen molar-refractivity contribution in [1.82, 2.24) is 9.97 Å². The number of aromatic amines is 2. The minimum absolute atomic E-state index is 0. The summed E-state index contributed by atoms with van der Waals surface area (Å²) in [4.78, 5) is 49.2. The van der Waals surface area contributed by atoms with Crippen LogP contribution in [0.1, 0.15) is 51.2 Å². The van der Waals surface area contributed by atoms with Crippen molar-refractivity contribution in [3.8, 4) is 0 Å². The standard InChI is InChI=1S/C12H13NO4.C10H9NO4.CH4.Na.H2O/c1-3-16-11(14)7(2)8-4-5-9-10(6-8)17-12(15)13-9;1-5(9(12)13)6-2-3-7-8(4-6)15-10(14)11-7;;;/h4-7H,3H2,1-2H3,(H,13,15);2-5H,1H3,(H,11,14)(H,12,13);1H4;;1H2/q;;;+1;/p-1. The van der Waals surface area contributed by atoms with Crippen molar-refractivity contribution in [3.63, 3.8) is 0 Å². The van der Waals surface area contributed by atoms with E-state index in [-0.39, 0.29) is 54.3 Å². The van der Waals surface area contributed by atoms with Gasteiger partial charge in [0.2, 0.25) is 0 Å². The van der Waals surface area contributed by atoms with Gasteiger partial charge in [-0.05, 0) is 56.2 Å². The number of oxazole rings is 2. The molecule has 2 aromatic heterocycles. The third kappa shape index (κ3) is 7.69. The average molecular weight is 498 g/mol. The van der Waals surface area contributed by atoms with Gasteiger partial charge < -0.3 is 24.2 Å². The zero-order valence-electron chi connectivity index (χ0n) is 19.1. The number of hydrogen-bond acceptors (Lipinski definition) is 8. The number of H-pyrrole nitrogens is 2. The zero-order chi connectivity index (χ0) is 23.4. The third-order valence-electron chi connectivity index (χ3n) is 4.90. The first-order chi connectivity index (χ1) is 15.2. The molecule has 184 valence electrons. The Labute approximate surface area is 222 Å². The molecule has 0 aliphatic heterocycles. The predicted molar refractivity (Wildman–Crippen MR) is 123 cm³/mol. The predicted octanol–water partition coefficient (Wildman–Crippen LogP) is 0.560. The van der Waals surface area contributed by atoms with Gasteiger partial charge in [-0.25, -0.2) is 9.59 Å². The van der Waals surface area contributed by atoms with E-state index in [2.05, 4.69) is 9.97 Å². The summed E-state index contributed by atoms with van der Waals surface area (Å²) < 4.78 is 14.7. The van der Waals surface area contributed by atoms with Crippen molar-refractivity contribution < 1.29 is 63.3 Å². The van der Waals surface area contributed by atoms with E-state index in [0.29, 0.717) is 34.4 Å². The van der Waals surface area contributed by atoms with Crippen LogP contribution in [0.15, 0.2) is 54.8 Å². The van der Waals surface area contributed by atoms with Gasteiger partial charge in [-0.3, -0.25) is 19.6 Å². The first-order valence-corrected chi connectivity index (χ1v) is 9.84. The number of carbonyl (C=O) groups excluding carboxylic acids is 1. The number of ether oxygens (including phenoxy) is 1. The maximum Gasteiger partial charge on any atom is 1.00 e. The molecule has 11 nitrogen and oxygen atoms in total. The zero-order valence-corrected chi connectivity index (χ0v) is 21.1. The van der Waals surface area contributed by atoms with Gasteiger partial charge in [0.15, 0.2) is 11.2 Å². The maximum absolute atomic E-state index is 11.6. The van der Waals surface area contributed by atoms with Crippen LogP contribution in [0.2, 0.25) is 0 Å². The smallest absolute Gasteiger partial charge is 0.870 e. The molecule has 0 bridgehead atoms. The Morgan fingerprint density at radius 2 is 1.34 bits per heavy atom. The summed E-state index contributed by atoms with van der Waals surface area (Å²) in [5.41, 5.74) is 3.39. The number of aliphatic carboxylic acids is 1. The number of carbonyl (C=O) groups is 2. The Balaban J connectivity index is 0.000000612. The van der Waals surface area contributed by atoms with Gasteiger partial charge in [0.25, 0.3) is 0 Å². The number of nitrogens with one attached hydrogen (secondary N) is 2. The van der Waals surface area contributed by atoms with Crippen LogP contribution in [0, 0.1) is 0 Å². The molecule has 0 radical (unpaired) electrons. The second-order valence-corrected chi connectivity index (χ2v) is 7.07. The van der Waals surface area contributed by atoms with Gasteiger partial charge in [0.1, 0.15) is 0 Å². The third-order valence-corrected chi connectivity index (χ3v) is 4.90. The first kappa shape index (κ1) is 31.9. The van der Waals surface area contributed by atoms with E-state index < -0.39 is 23.4 Å². The fourth-order valence-electron chi connectivity index (χ4n) is 3.01. The average Bonchev–Trinajstić information content (AvgIpc) is 3.32. The summed E-state index contributed by atoms with van der Waals surface area (Å²) >= 11 is 0. The molecular weight excluding hydrogens is 471 g/mol. The quantitative estimate of drug-likeness (QED) is 0.261. The van der Waals surface area contributed by atoms with Crippen LogP contribution >= 0.6 is 0 Å². The van der Waals surface area contributed by atoms with Crippen LogP contribution < -0.4 is 41.1 Å². The number of carboxylic acid groups (broad SMARTS) is 1. The molecule has 4 rings (SSSR count). The normalized spacial score (nSPS) is 11.6. The van der Waals surface area contributed by atoms with Crippen LogP contribution in [0.3, 0.4) is 0 Å². The van der Waals surface area contributed by atoms with Crippen LogP contribution in [-0.2, 0) is 14.3 Å².